The number of hydrogen-bond donors (Lipinski definition) is 1. The summed E-state index contributed by atoms with van der Waals surface area (Å²) in [5.41, 5.74) is 0.0702. The minimum atomic E-state index is -1.30. The molecular formula is C17H14ClNO3. The first-order valence-electron chi connectivity index (χ1n) is 6.77. The summed E-state index contributed by atoms with van der Waals surface area (Å²) in [5, 5.41) is 3.17. The second kappa shape index (κ2) is 5.14. The zero-order chi connectivity index (χ0) is 15.9. The summed E-state index contributed by atoms with van der Waals surface area (Å²) in [7, 11) is 1.47. The zero-order valence-corrected chi connectivity index (χ0v) is 12.9. The Hall–Kier alpha value is -2.33. The van der Waals surface area contributed by atoms with Crippen molar-refractivity contribution in [2.24, 2.45) is 0 Å². The molecule has 0 spiro atoms. The number of fused-ring (bicyclic) bond motifs is 1. The van der Waals surface area contributed by atoms with Crippen molar-refractivity contribution in [2.45, 2.75) is 12.3 Å². The molecule has 2 aromatic rings. The van der Waals surface area contributed by atoms with Gasteiger partial charge in [0.2, 0.25) is 5.91 Å². The normalized spacial score (nSPS) is 20.3. The molecule has 1 amide bonds. The Morgan fingerprint density at radius 1 is 1.14 bits per heavy atom. The molecule has 2 aromatic carbocycles. The Balaban J connectivity index is 2.23. The fraction of sp³-hybridized carbons (Fsp3) is 0.176. The molecule has 0 saturated carbocycles. The van der Waals surface area contributed by atoms with E-state index in [0.29, 0.717) is 27.6 Å². The number of methoxy groups -OCH3 is 1. The lowest BCUT2D eigenvalue weighted by Gasteiger charge is -2.33. The monoisotopic (exact) mass is 315 g/mol. The summed E-state index contributed by atoms with van der Waals surface area (Å²) < 4.78 is 5.27. The number of Topliss-reactive ketones (excluding diaryl/α,β-unsaturated/α-hetero) is 1. The van der Waals surface area contributed by atoms with Crippen LogP contribution in [0, 0.1) is 0 Å². The molecule has 1 atom stereocenters. The van der Waals surface area contributed by atoms with Crippen LogP contribution in [0.25, 0.3) is 0 Å². The number of nitrogens with one attached hydrogen (secondary N) is 1. The van der Waals surface area contributed by atoms with Crippen molar-refractivity contribution in [1.29, 1.82) is 0 Å². The van der Waals surface area contributed by atoms with Gasteiger partial charge in [0, 0.05) is 5.02 Å². The lowest BCUT2D eigenvalue weighted by molar-refractivity contribution is -0.119. The highest BCUT2D eigenvalue weighted by molar-refractivity contribution is 6.33. The van der Waals surface area contributed by atoms with Gasteiger partial charge in [0.15, 0.2) is 5.78 Å². The van der Waals surface area contributed by atoms with Gasteiger partial charge >= 0.3 is 0 Å². The molecule has 5 heteroatoms. The Morgan fingerprint density at radius 2 is 1.82 bits per heavy atom. The summed E-state index contributed by atoms with van der Waals surface area (Å²) >= 11 is 6.00. The van der Waals surface area contributed by atoms with E-state index in [4.69, 9.17) is 16.3 Å². The number of carbonyl (C=O) groups excluding carboxylic acids is 2. The minimum Gasteiger partial charge on any atom is -0.496 e. The molecule has 0 radical (unpaired) electrons. The maximum Gasteiger partial charge on any atom is 0.242 e. The number of amides is 1. The van der Waals surface area contributed by atoms with Crippen molar-refractivity contribution in [1.82, 2.24) is 0 Å². The third-order valence-corrected chi connectivity index (χ3v) is 4.24. The smallest absolute Gasteiger partial charge is 0.242 e. The van der Waals surface area contributed by atoms with Gasteiger partial charge < -0.3 is 10.1 Å². The highest BCUT2D eigenvalue weighted by atomic mass is 35.5. The third kappa shape index (κ3) is 1.99. The van der Waals surface area contributed by atoms with Crippen LogP contribution in [0.1, 0.15) is 22.8 Å². The Labute approximate surface area is 133 Å². The molecule has 1 aliphatic heterocycles. The molecule has 1 heterocycles. The van der Waals surface area contributed by atoms with Crippen LogP contribution < -0.4 is 10.1 Å². The molecule has 112 valence electrons. The molecule has 1 aliphatic rings. The van der Waals surface area contributed by atoms with Crippen LogP contribution in [0.3, 0.4) is 0 Å². The highest BCUT2D eigenvalue weighted by Gasteiger charge is 2.48. The molecule has 0 aliphatic carbocycles. The number of rotatable bonds is 2. The lowest BCUT2D eigenvalue weighted by atomic mass is 9.72. The van der Waals surface area contributed by atoms with Crippen LogP contribution in [0.5, 0.6) is 5.75 Å². The first-order chi connectivity index (χ1) is 10.5. The van der Waals surface area contributed by atoms with Crippen LogP contribution in [0.15, 0.2) is 42.5 Å². The van der Waals surface area contributed by atoms with E-state index >= 15 is 0 Å². The minimum absolute atomic E-state index is 0.300. The van der Waals surface area contributed by atoms with Crippen LogP contribution in [0.4, 0.5) is 5.69 Å². The largest absolute Gasteiger partial charge is 0.496 e. The van der Waals surface area contributed by atoms with Crippen molar-refractivity contribution < 1.29 is 14.3 Å². The summed E-state index contributed by atoms with van der Waals surface area (Å²) in [6.07, 6.45) is 0. The Morgan fingerprint density at radius 3 is 2.45 bits per heavy atom. The Bertz CT molecular complexity index is 773. The molecule has 22 heavy (non-hydrogen) atoms. The van der Waals surface area contributed by atoms with E-state index < -0.39 is 5.41 Å². The van der Waals surface area contributed by atoms with E-state index in [1.807, 2.05) is 6.07 Å². The second-order valence-electron chi connectivity index (χ2n) is 5.30. The number of anilines is 1. The van der Waals surface area contributed by atoms with Crippen molar-refractivity contribution in [3.05, 3.63) is 58.6 Å². The number of benzene rings is 2. The third-order valence-electron chi connectivity index (χ3n) is 4.02. The highest BCUT2D eigenvalue weighted by Crippen LogP contribution is 2.41. The molecule has 4 nitrogen and oxygen atoms in total. The maximum absolute atomic E-state index is 13.1. The van der Waals surface area contributed by atoms with Gasteiger partial charge in [0.05, 0.1) is 18.4 Å². The lowest BCUT2D eigenvalue weighted by Crippen LogP contribution is -2.48. The van der Waals surface area contributed by atoms with Crippen LogP contribution in [0.2, 0.25) is 5.02 Å². The molecule has 1 unspecified atom stereocenters. The van der Waals surface area contributed by atoms with E-state index in [9.17, 15) is 9.59 Å². The van der Waals surface area contributed by atoms with Gasteiger partial charge in [-0.05, 0) is 24.6 Å². The molecule has 0 saturated heterocycles. The van der Waals surface area contributed by atoms with Crippen LogP contribution in [-0.4, -0.2) is 18.8 Å². The first-order valence-corrected chi connectivity index (χ1v) is 7.15. The molecule has 0 bridgehead atoms. The summed E-state index contributed by atoms with van der Waals surface area (Å²) in [5.74, 6) is -0.318. The second-order valence-corrected chi connectivity index (χ2v) is 5.74. The average Bonchev–Trinajstić information content (AvgIpc) is 2.52. The quantitative estimate of drug-likeness (QED) is 0.864. The van der Waals surface area contributed by atoms with Gasteiger partial charge in [0.25, 0.3) is 0 Å². The number of ether oxygens (including phenoxy) is 1. The van der Waals surface area contributed by atoms with Crippen molar-refractivity contribution >= 4 is 29.0 Å². The molecule has 0 fully saturated rings. The Kier molecular flexibility index (Phi) is 3.41. The first kappa shape index (κ1) is 14.6. The van der Waals surface area contributed by atoms with Crippen LogP contribution >= 0.6 is 11.6 Å². The van der Waals surface area contributed by atoms with E-state index in [-0.39, 0.29) is 11.7 Å². The van der Waals surface area contributed by atoms with Gasteiger partial charge in [-0.15, -0.1) is 0 Å². The molecular weight excluding hydrogens is 302 g/mol. The fourth-order valence-electron chi connectivity index (χ4n) is 2.71. The van der Waals surface area contributed by atoms with E-state index in [1.165, 1.54) is 7.11 Å². The van der Waals surface area contributed by atoms with Gasteiger partial charge in [-0.1, -0.05) is 41.9 Å². The standard InChI is InChI=1S/C17H14ClNO3/c1-17(10-6-4-3-5-7-10)15(20)14-12(19-16(17)21)8-11(18)9-13(14)22-2/h3-9H,1-2H3,(H,19,21). The van der Waals surface area contributed by atoms with E-state index in [1.54, 1.807) is 43.3 Å². The van der Waals surface area contributed by atoms with Crippen molar-refractivity contribution in [3.63, 3.8) is 0 Å². The number of ketones is 1. The number of hydrogen-bond acceptors (Lipinski definition) is 3. The molecule has 0 aromatic heterocycles. The fourth-order valence-corrected chi connectivity index (χ4v) is 2.92. The predicted molar refractivity (Wildman–Crippen MR) is 84.8 cm³/mol. The summed E-state index contributed by atoms with van der Waals surface area (Å²) in [6, 6.07) is 12.1. The zero-order valence-electron chi connectivity index (χ0n) is 12.1. The maximum atomic E-state index is 13.1. The SMILES string of the molecule is COc1cc(Cl)cc2c1C(=O)C(C)(c1ccccc1)C(=O)N2. The summed E-state index contributed by atoms with van der Waals surface area (Å²) in [4.78, 5) is 25.6. The average molecular weight is 316 g/mol. The molecule has 3 rings (SSSR count). The van der Waals surface area contributed by atoms with E-state index in [0.717, 1.165) is 0 Å². The van der Waals surface area contributed by atoms with Crippen LogP contribution in [-0.2, 0) is 10.2 Å². The van der Waals surface area contributed by atoms with Gasteiger partial charge in [-0.25, -0.2) is 0 Å². The molecule has 1 N–H and O–H groups in total. The van der Waals surface area contributed by atoms with Gasteiger partial charge in [-0.3, -0.25) is 9.59 Å². The number of carbonyl (C=O) groups is 2. The van der Waals surface area contributed by atoms with E-state index in [2.05, 4.69) is 5.32 Å². The van der Waals surface area contributed by atoms with Gasteiger partial charge in [-0.2, -0.15) is 0 Å². The number of halogens is 1. The summed E-state index contributed by atoms with van der Waals surface area (Å²) in [6.45, 7) is 1.62. The predicted octanol–water partition coefficient (Wildman–Crippen LogP) is 3.44. The van der Waals surface area contributed by atoms with Crippen molar-refractivity contribution in [3.8, 4) is 5.75 Å². The topological polar surface area (TPSA) is 55.4 Å². The van der Waals surface area contributed by atoms with Gasteiger partial charge in [0.1, 0.15) is 11.2 Å². The van der Waals surface area contributed by atoms with Crippen molar-refractivity contribution in [2.75, 3.05) is 12.4 Å².